The molecule has 3 heteroatoms. The second-order valence-corrected chi connectivity index (χ2v) is 10.9. The minimum absolute atomic E-state index is 0.655. The number of hydrogen-bond donors (Lipinski definition) is 0. The van der Waals surface area contributed by atoms with Gasteiger partial charge in [0.25, 0.3) is 0 Å². The van der Waals surface area contributed by atoms with E-state index in [1.165, 1.54) is 21.5 Å². The summed E-state index contributed by atoms with van der Waals surface area (Å²) in [5.74, 6) is 0.655. The summed E-state index contributed by atoms with van der Waals surface area (Å²) in [4.78, 5) is 5.09. The molecular formula is C28H23NOP+. The third-order valence-corrected chi connectivity index (χ3v) is 9.68. The van der Waals surface area contributed by atoms with Gasteiger partial charge < -0.3 is 4.42 Å². The van der Waals surface area contributed by atoms with Gasteiger partial charge in [-0.15, -0.1) is 0 Å². The van der Waals surface area contributed by atoms with Crippen molar-refractivity contribution in [2.75, 3.05) is 0 Å². The van der Waals surface area contributed by atoms with Crippen LogP contribution >= 0.6 is 7.26 Å². The molecule has 0 aliphatic rings. The normalized spacial score (nSPS) is 11.4. The highest BCUT2D eigenvalue weighted by atomic mass is 31.2. The maximum atomic E-state index is 6.08. The summed E-state index contributed by atoms with van der Waals surface area (Å²) in [6, 6.07) is 40.5. The Labute approximate surface area is 183 Å². The quantitative estimate of drug-likeness (QED) is 0.362. The van der Waals surface area contributed by atoms with Gasteiger partial charge in [-0.05, 0) is 55.5 Å². The van der Waals surface area contributed by atoms with Gasteiger partial charge in [0.2, 0.25) is 11.3 Å². The Bertz CT molecular complexity index is 1170. The highest BCUT2D eigenvalue weighted by Crippen LogP contribution is 2.54. The predicted molar refractivity (Wildman–Crippen MR) is 131 cm³/mol. The van der Waals surface area contributed by atoms with Gasteiger partial charge in [0.1, 0.15) is 15.9 Å². The summed E-state index contributed by atoms with van der Waals surface area (Å²) in [5, 5.41) is 3.78. The van der Waals surface area contributed by atoms with E-state index >= 15 is 0 Å². The predicted octanol–water partition coefficient (Wildman–Crippen LogP) is 5.27. The Morgan fingerprint density at radius 1 is 0.581 bits per heavy atom. The first-order valence-corrected chi connectivity index (χ1v) is 12.2. The summed E-state index contributed by atoms with van der Waals surface area (Å²) in [6.45, 7) is 2.08. The van der Waals surface area contributed by atoms with Crippen molar-refractivity contribution in [1.29, 1.82) is 0 Å². The maximum Gasteiger partial charge on any atom is 0.236 e. The monoisotopic (exact) mass is 420 g/mol. The van der Waals surface area contributed by atoms with Crippen LogP contribution in [0.3, 0.4) is 0 Å². The minimum atomic E-state index is -2.22. The third kappa shape index (κ3) is 3.50. The fourth-order valence-electron chi connectivity index (χ4n) is 4.05. The van der Waals surface area contributed by atoms with E-state index in [9.17, 15) is 0 Å². The van der Waals surface area contributed by atoms with Crippen LogP contribution in [0.25, 0.3) is 11.5 Å². The van der Waals surface area contributed by atoms with Crippen LogP contribution in [-0.4, -0.2) is 4.98 Å². The fourth-order valence-corrected chi connectivity index (χ4v) is 8.04. The second-order valence-electron chi connectivity index (χ2n) is 7.55. The largest absolute Gasteiger partial charge is 0.440 e. The lowest BCUT2D eigenvalue weighted by Crippen LogP contribution is -2.39. The van der Waals surface area contributed by atoms with Crippen molar-refractivity contribution in [1.82, 2.24) is 4.98 Å². The number of nitrogens with zero attached hydrogens (tertiary/aromatic N) is 1. The van der Waals surface area contributed by atoms with Crippen LogP contribution in [0.5, 0.6) is 0 Å². The average Bonchev–Trinajstić information content (AvgIpc) is 3.33. The van der Waals surface area contributed by atoms with Crippen LogP contribution in [0.1, 0.15) is 5.56 Å². The number of hydrogen-bond acceptors (Lipinski definition) is 2. The molecule has 5 aromatic rings. The molecule has 0 N–H and O–H groups in total. The number of oxazole rings is 1. The Morgan fingerprint density at radius 3 is 1.48 bits per heavy atom. The zero-order valence-electron chi connectivity index (χ0n) is 17.3. The molecule has 4 aromatic carbocycles. The molecule has 0 atom stereocenters. The molecular weight excluding hydrogens is 397 g/mol. The highest BCUT2D eigenvalue weighted by Gasteiger charge is 2.50. The van der Waals surface area contributed by atoms with E-state index in [0.29, 0.717) is 5.89 Å². The highest BCUT2D eigenvalue weighted by molar-refractivity contribution is 8.01. The van der Waals surface area contributed by atoms with Gasteiger partial charge >= 0.3 is 0 Å². The molecule has 150 valence electrons. The standard InChI is InChI=1S/C28H23NOP/c1-22-17-19-23(20-18-22)28-29-27(21-30-28)31(24-11-5-2-6-12-24,25-13-7-3-8-14-25)26-15-9-4-10-16-26/h2-21H,1H3/q+1. The van der Waals surface area contributed by atoms with Gasteiger partial charge in [-0.3, -0.25) is 0 Å². The molecule has 0 spiro atoms. The molecule has 31 heavy (non-hydrogen) atoms. The Kier molecular flexibility index (Phi) is 5.24. The fraction of sp³-hybridized carbons (Fsp3) is 0.0357. The van der Waals surface area contributed by atoms with Crippen molar-refractivity contribution in [2.45, 2.75) is 6.92 Å². The molecule has 0 bridgehead atoms. The van der Waals surface area contributed by atoms with Gasteiger partial charge in [-0.25, -0.2) is 0 Å². The van der Waals surface area contributed by atoms with Crippen LogP contribution in [0.15, 0.2) is 126 Å². The van der Waals surface area contributed by atoms with Crippen molar-refractivity contribution < 1.29 is 4.42 Å². The third-order valence-electron chi connectivity index (χ3n) is 5.56. The summed E-state index contributed by atoms with van der Waals surface area (Å²) in [7, 11) is -2.22. The van der Waals surface area contributed by atoms with Crippen LogP contribution in [0, 0.1) is 6.92 Å². The van der Waals surface area contributed by atoms with Crippen LogP contribution in [0.2, 0.25) is 0 Å². The van der Waals surface area contributed by atoms with Gasteiger partial charge in [0, 0.05) is 5.56 Å². The lowest BCUT2D eigenvalue weighted by atomic mass is 10.1. The van der Waals surface area contributed by atoms with E-state index in [2.05, 4.69) is 122 Å². The molecule has 5 rings (SSSR count). The smallest absolute Gasteiger partial charge is 0.236 e. The molecule has 0 fully saturated rings. The molecule has 0 aliphatic heterocycles. The van der Waals surface area contributed by atoms with E-state index in [1.807, 2.05) is 6.26 Å². The molecule has 0 saturated carbocycles. The molecule has 0 radical (unpaired) electrons. The number of benzene rings is 4. The van der Waals surface area contributed by atoms with E-state index in [1.54, 1.807) is 0 Å². The summed E-state index contributed by atoms with van der Waals surface area (Å²) in [5.41, 5.74) is 3.19. The molecule has 1 aromatic heterocycles. The van der Waals surface area contributed by atoms with Crippen molar-refractivity contribution >= 4 is 28.6 Å². The summed E-state index contributed by atoms with van der Waals surface area (Å²) in [6.07, 6.45) is 1.86. The topological polar surface area (TPSA) is 26.0 Å². The van der Waals surface area contributed by atoms with Crippen molar-refractivity contribution in [3.63, 3.8) is 0 Å². The molecule has 0 saturated heterocycles. The Hall–Kier alpha value is -3.48. The van der Waals surface area contributed by atoms with Crippen molar-refractivity contribution in [3.8, 4) is 11.5 Å². The van der Waals surface area contributed by atoms with Crippen LogP contribution in [-0.2, 0) is 0 Å². The SMILES string of the molecule is Cc1ccc(-c2nc([P+](c3ccccc3)(c3ccccc3)c3ccccc3)co2)cc1. The lowest BCUT2D eigenvalue weighted by Gasteiger charge is -2.24. The Morgan fingerprint density at radius 2 is 1.03 bits per heavy atom. The van der Waals surface area contributed by atoms with E-state index in [4.69, 9.17) is 9.40 Å². The molecule has 0 amide bonds. The zero-order chi connectivity index (χ0) is 21.1. The molecule has 1 heterocycles. The first-order chi connectivity index (χ1) is 15.3. The maximum absolute atomic E-state index is 6.08. The molecule has 2 nitrogen and oxygen atoms in total. The first kappa shape index (κ1) is 19.5. The summed E-state index contributed by atoms with van der Waals surface area (Å²) >= 11 is 0. The number of aromatic nitrogens is 1. The van der Waals surface area contributed by atoms with E-state index in [-0.39, 0.29) is 0 Å². The van der Waals surface area contributed by atoms with Gasteiger partial charge in [-0.1, -0.05) is 72.3 Å². The number of aryl methyl sites for hydroxylation is 1. The van der Waals surface area contributed by atoms with Gasteiger partial charge in [0.15, 0.2) is 13.5 Å². The van der Waals surface area contributed by atoms with E-state index < -0.39 is 7.26 Å². The molecule has 0 unspecified atom stereocenters. The van der Waals surface area contributed by atoms with E-state index in [0.717, 1.165) is 11.0 Å². The second kappa shape index (κ2) is 8.34. The average molecular weight is 420 g/mol. The lowest BCUT2D eigenvalue weighted by molar-refractivity contribution is 0.575. The van der Waals surface area contributed by atoms with Crippen molar-refractivity contribution in [2.24, 2.45) is 0 Å². The van der Waals surface area contributed by atoms with Gasteiger partial charge in [-0.2, -0.15) is 4.98 Å². The summed E-state index contributed by atoms with van der Waals surface area (Å²) < 4.78 is 6.08. The first-order valence-electron chi connectivity index (χ1n) is 10.4. The molecule has 0 aliphatic carbocycles. The van der Waals surface area contributed by atoms with Crippen LogP contribution < -0.4 is 21.3 Å². The van der Waals surface area contributed by atoms with Gasteiger partial charge in [0.05, 0.1) is 0 Å². The van der Waals surface area contributed by atoms with Crippen LogP contribution in [0.4, 0.5) is 0 Å². The zero-order valence-corrected chi connectivity index (χ0v) is 18.2. The Balaban J connectivity index is 1.80. The number of rotatable bonds is 5. The van der Waals surface area contributed by atoms with Crippen molar-refractivity contribution in [3.05, 3.63) is 127 Å². The minimum Gasteiger partial charge on any atom is -0.440 e.